The number of rotatable bonds is 10. The molecule has 0 saturated carbocycles. The summed E-state index contributed by atoms with van der Waals surface area (Å²) in [6.07, 6.45) is 0.555. The van der Waals surface area contributed by atoms with Gasteiger partial charge in [-0.05, 0) is 50.1 Å². The van der Waals surface area contributed by atoms with Crippen molar-refractivity contribution in [2.75, 3.05) is 19.7 Å². The Balaban J connectivity index is 1.85. The number of hydrogen-bond acceptors (Lipinski definition) is 4. The molecule has 0 aliphatic heterocycles. The van der Waals surface area contributed by atoms with E-state index >= 15 is 0 Å². The number of benzene rings is 1. The van der Waals surface area contributed by atoms with Crippen molar-refractivity contribution in [2.45, 2.75) is 39.8 Å². The summed E-state index contributed by atoms with van der Waals surface area (Å²) in [7, 11) is 0. The standard InChI is InChI=1S/C20H29NO3/c1-16(2)11-12-21(14-20-10-9-17(3)24-20)13-18(22)15-23-19-7-5-4-6-8-19/h4-10,16,18,22H,11-15H2,1-3H3. The first-order valence-electron chi connectivity index (χ1n) is 8.66. The summed E-state index contributed by atoms with van der Waals surface area (Å²) in [5, 5.41) is 10.3. The molecule has 1 aromatic heterocycles. The number of aliphatic hydroxyl groups is 1. The Bertz CT molecular complexity index is 580. The van der Waals surface area contributed by atoms with Crippen molar-refractivity contribution in [3.05, 3.63) is 54.0 Å². The summed E-state index contributed by atoms with van der Waals surface area (Å²) in [5.41, 5.74) is 0. The molecule has 2 rings (SSSR count). The highest BCUT2D eigenvalue weighted by atomic mass is 16.5. The van der Waals surface area contributed by atoms with Crippen molar-refractivity contribution in [3.63, 3.8) is 0 Å². The van der Waals surface area contributed by atoms with Gasteiger partial charge in [0, 0.05) is 6.54 Å². The molecule has 0 fully saturated rings. The number of para-hydroxylation sites is 1. The second kappa shape index (κ2) is 9.50. The zero-order valence-corrected chi connectivity index (χ0v) is 14.9. The van der Waals surface area contributed by atoms with Crippen LogP contribution in [0, 0.1) is 12.8 Å². The lowest BCUT2D eigenvalue weighted by molar-refractivity contribution is 0.0615. The van der Waals surface area contributed by atoms with Crippen molar-refractivity contribution in [2.24, 2.45) is 5.92 Å². The van der Waals surface area contributed by atoms with Gasteiger partial charge in [0.15, 0.2) is 0 Å². The van der Waals surface area contributed by atoms with Gasteiger partial charge in [-0.1, -0.05) is 32.0 Å². The number of aryl methyl sites for hydroxylation is 1. The van der Waals surface area contributed by atoms with Crippen LogP contribution in [0.4, 0.5) is 0 Å². The first kappa shape index (κ1) is 18.6. The fourth-order valence-electron chi connectivity index (χ4n) is 2.53. The van der Waals surface area contributed by atoms with Crippen LogP contribution >= 0.6 is 0 Å². The lowest BCUT2D eigenvalue weighted by Gasteiger charge is -2.25. The van der Waals surface area contributed by atoms with Gasteiger partial charge in [-0.3, -0.25) is 4.90 Å². The third-order valence-corrected chi connectivity index (χ3v) is 3.85. The minimum atomic E-state index is -0.534. The summed E-state index contributed by atoms with van der Waals surface area (Å²) in [6.45, 7) is 8.88. The van der Waals surface area contributed by atoms with Crippen LogP contribution in [0.1, 0.15) is 31.8 Å². The molecule has 1 atom stereocenters. The number of hydrogen-bond donors (Lipinski definition) is 1. The SMILES string of the molecule is Cc1ccc(CN(CCC(C)C)CC(O)COc2ccccc2)o1. The Morgan fingerprint density at radius 3 is 2.50 bits per heavy atom. The lowest BCUT2D eigenvalue weighted by atomic mass is 10.1. The molecule has 0 amide bonds. The number of furan rings is 1. The number of ether oxygens (including phenoxy) is 1. The number of aliphatic hydroxyl groups excluding tert-OH is 1. The van der Waals surface area contributed by atoms with Gasteiger partial charge in [-0.25, -0.2) is 0 Å². The summed E-state index contributed by atoms with van der Waals surface area (Å²) in [4.78, 5) is 2.23. The topological polar surface area (TPSA) is 45.8 Å². The van der Waals surface area contributed by atoms with E-state index in [-0.39, 0.29) is 0 Å². The summed E-state index contributed by atoms with van der Waals surface area (Å²) < 4.78 is 11.3. The van der Waals surface area contributed by atoms with Gasteiger partial charge in [-0.15, -0.1) is 0 Å². The molecule has 1 N–H and O–H groups in total. The Morgan fingerprint density at radius 2 is 1.88 bits per heavy atom. The normalized spacial score (nSPS) is 12.8. The zero-order chi connectivity index (χ0) is 17.4. The maximum Gasteiger partial charge on any atom is 0.119 e. The van der Waals surface area contributed by atoms with Crippen molar-refractivity contribution in [3.8, 4) is 5.75 Å². The minimum absolute atomic E-state index is 0.291. The van der Waals surface area contributed by atoms with Gasteiger partial charge in [0.25, 0.3) is 0 Å². The highest BCUT2D eigenvalue weighted by molar-refractivity contribution is 5.20. The van der Waals surface area contributed by atoms with Crippen LogP contribution in [0.5, 0.6) is 5.75 Å². The molecule has 4 heteroatoms. The molecule has 2 aromatic rings. The largest absolute Gasteiger partial charge is 0.491 e. The molecule has 0 radical (unpaired) electrons. The van der Waals surface area contributed by atoms with Crippen molar-refractivity contribution in [1.29, 1.82) is 0 Å². The van der Waals surface area contributed by atoms with Gasteiger partial charge in [-0.2, -0.15) is 0 Å². The lowest BCUT2D eigenvalue weighted by Crippen LogP contribution is -2.36. The van der Waals surface area contributed by atoms with E-state index in [1.54, 1.807) is 0 Å². The number of nitrogens with zero attached hydrogens (tertiary/aromatic N) is 1. The molecule has 24 heavy (non-hydrogen) atoms. The van der Waals surface area contributed by atoms with E-state index in [0.717, 1.165) is 30.2 Å². The molecule has 132 valence electrons. The van der Waals surface area contributed by atoms with Crippen molar-refractivity contribution in [1.82, 2.24) is 4.90 Å². The van der Waals surface area contributed by atoms with Gasteiger partial charge < -0.3 is 14.3 Å². The fraction of sp³-hybridized carbons (Fsp3) is 0.500. The highest BCUT2D eigenvalue weighted by Gasteiger charge is 2.15. The molecule has 0 saturated heterocycles. The molecule has 0 aliphatic rings. The average Bonchev–Trinajstić information content (AvgIpc) is 2.96. The second-order valence-electron chi connectivity index (χ2n) is 6.71. The van der Waals surface area contributed by atoms with E-state index in [2.05, 4.69) is 18.7 Å². The van der Waals surface area contributed by atoms with Crippen LogP contribution in [-0.2, 0) is 6.54 Å². The Hall–Kier alpha value is -1.78. The zero-order valence-electron chi connectivity index (χ0n) is 14.9. The monoisotopic (exact) mass is 331 g/mol. The molecule has 0 bridgehead atoms. The predicted octanol–water partition coefficient (Wildman–Crippen LogP) is 3.88. The first-order valence-corrected chi connectivity index (χ1v) is 8.66. The van der Waals surface area contributed by atoms with E-state index in [4.69, 9.17) is 9.15 Å². The third kappa shape index (κ3) is 6.77. The summed E-state index contributed by atoms with van der Waals surface area (Å²) >= 11 is 0. The van der Waals surface area contributed by atoms with Crippen molar-refractivity contribution >= 4 is 0 Å². The van der Waals surface area contributed by atoms with Crippen LogP contribution in [0.15, 0.2) is 46.9 Å². The smallest absolute Gasteiger partial charge is 0.119 e. The minimum Gasteiger partial charge on any atom is -0.491 e. The van der Waals surface area contributed by atoms with Crippen LogP contribution in [0.3, 0.4) is 0 Å². The molecule has 0 spiro atoms. The summed E-state index contributed by atoms with van der Waals surface area (Å²) in [5.74, 6) is 3.27. The molecule has 1 unspecified atom stereocenters. The van der Waals surface area contributed by atoms with E-state index < -0.39 is 6.10 Å². The highest BCUT2D eigenvalue weighted by Crippen LogP contribution is 2.13. The van der Waals surface area contributed by atoms with E-state index in [0.29, 0.717) is 25.6 Å². The molecular formula is C20H29NO3. The maximum atomic E-state index is 10.3. The van der Waals surface area contributed by atoms with Gasteiger partial charge >= 0.3 is 0 Å². The van der Waals surface area contributed by atoms with E-state index in [9.17, 15) is 5.11 Å². The maximum absolute atomic E-state index is 10.3. The molecule has 1 aromatic carbocycles. The van der Waals surface area contributed by atoms with E-state index in [1.165, 1.54) is 0 Å². The van der Waals surface area contributed by atoms with Crippen molar-refractivity contribution < 1.29 is 14.3 Å². The van der Waals surface area contributed by atoms with Crippen LogP contribution in [0.2, 0.25) is 0 Å². The third-order valence-electron chi connectivity index (χ3n) is 3.85. The van der Waals surface area contributed by atoms with Crippen LogP contribution in [-0.4, -0.2) is 35.8 Å². The fourth-order valence-corrected chi connectivity index (χ4v) is 2.53. The molecule has 1 heterocycles. The first-order chi connectivity index (χ1) is 11.5. The average molecular weight is 331 g/mol. The second-order valence-corrected chi connectivity index (χ2v) is 6.71. The molecular weight excluding hydrogens is 302 g/mol. The Kier molecular flexibility index (Phi) is 7.35. The molecule has 0 aliphatic carbocycles. The van der Waals surface area contributed by atoms with Gasteiger partial charge in [0.2, 0.25) is 0 Å². The van der Waals surface area contributed by atoms with E-state index in [1.807, 2.05) is 49.4 Å². The van der Waals surface area contributed by atoms with Gasteiger partial charge in [0.05, 0.1) is 6.54 Å². The van der Waals surface area contributed by atoms with Crippen LogP contribution in [0.25, 0.3) is 0 Å². The van der Waals surface area contributed by atoms with Gasteiger partial charge in [0.1, 0.15) is 30.0 Å². The Labute approximate surface area is 145 Å². The predicted molar refractivity (Wildman–Crippen MR) is 96.1 cm³/mol. The summed E-state index contributed by atoms with van der Waals surface area (Å²) in [6, 6.07) is 13.6. The van der Waals surface area contributed by atoms with Crippen LogP contribution < -0.4 is 4.74 Å². The quantitative estimate of drug-likeness (QED) is 0.718. The Morgan fingerprint density at radius 1 is 1.12 bits per heavy atom. The molecule has 4 nitrogen and oxygen atoms in total.